The molecule has 32 heavy (non-hydrogen) atoms. The van der Waals surface area contributed by atoms with E-state index >= 15 is 0 Å². The lowest BCUT2D eigenvalue weighted by Crippen LogP contribution is -2.36. The van der Waals surface area contributed by atoms with Crippen molar-refractivity contribution >= 4 is 33.5 Å². The number of aromatic nitrogens is 1. The summed E-state index contributed by atoms with van der Waals surface area (Å²) in [5.41, 5.74) is 5.35. The second-order valence-electron chi connectivity index (χ2n) is 7.71. The molecule has 0 radical (unpaired) electrons. The second-order valence-corrected chi connectivity index (χ2v) is 9.06. The Hall–Kier alpha value is -2.12. The van der Waals surface area contributed by atoms with Crippen molar-refractivity contribution < 1.29 is 14.3 Å². The Morgan fingerprint density at radius 1 is 1.09 bits per heavy atom. The lowest BCUT2D eigenvalue weighted by atomic mass is 9.99. The van der Waals surface area contributed by atoms with Gasteiger partial charge in [0.15, 0.2) is 0 Å². The Balaban J connectivity index is 1.96. The molecule has 5 nitrogen and oxygen atoms in total. The summed E-state index contributed by atoms with van der Waals surface area (Å²) in [5, 5.41) is 0.658. The molecule has 0 amide bonds. The Morgan fingerprint density at radius 2 is 1.75 bits per heavy atom. The second kappa shape index (κ2) is 10.2. The smallest absolute Gasteiger partial charge is 0.340 e. The van der Waals surface area contributed by atoms with Crippen molar-refractivity contribution in [3.05, 3.63) is 75.0 Å². The highest BCUT2D eigenvalue weighted by Gasteiger charge is 2.29. The van der Waals surface area contributed by atoms with Crippen LogP contribution in [0.15, 0.2) is 53.0 Å². The minimum absolute atomic E-state index is 0.311. The molecule has 168 valence electrons. The molecule has 3 aromatic rings. The van der Waals surface area contributed by atoms with Gasteiger partial charge in [-0.25, -0.2) is 4.79 Å². The van der Waals surface area contributed by atoms with Crippen LogP contribution in [0, 0.1) is 6.92 Å². The zero-order chi connectivity index (χ0) is 22.7. The van der Waals surface area contributed by atoms with Crippen LogP contribution in [0.2, 0.25) is 5.02 Å². The summed E-state index contributed by atoms with van der Waals surface area (Å²) in [7, 11) is 0. The first-order valence-electron chi connectivity index (χ1n) is 10.7. The van der Waals surface area contributed by atoms with Crippen LogP contribution in [-0.4, -0.2) is 48.3 Å². The van der Waals surface area contributed by atoms with Crippen LogP contribution in [0.5, 0.6) is 0 Å². The summed E-state index contributed by atoms with van der Waals surface area (Å²) in [6, 6.07) is 15.8. The van der Waals surface area contributed by atoms with Crippen molar-refractivity contribution in [2.45, 2.75) is 20.4 Å². The molecule has 0 bridgehead atoms. The highest BCUT2D eigenvalue weighted by molar-refractivity contribution is 9.10. The van der Waals surface area contributed by atoms with Crippen molar-refractivity contribution in [1.29, 1.82) is 0 Å². The van der Waals surface area contributed by atoms with Crippen LogP contribution in [-0.2, 0) is 16.0 Å². The van der Waals surface area contributed by atoms with E-state index in [0.29, 0.717) is 37.0 Å². The maximum Gasteiger partial charge on any atom is 0.340 e. The van der Waals surface area contributed by atoms with Gasteiger partial charge in [0.05, 0.1) is 25.4 Å². The summed E-state index contributed by atoms with van der Waals surface area (Å²) >= 11 is 9.69. The fourth-order valence-corrected chi connectivity index (χ4v) is 4.58. The van der Waals surface area contributed by atoms with Gasteiger partial charge in [-0.2, -0.15) is 0 Å². The van der Waals surface area contributed by atoms with Crippen LogP contribution in [0.3, 0.4) is 0 Å². The van der Waals surface area contributed by atoms with E-state index in [1.165, 1.54) is 0 Å². The molecular weight excluding hydrogens is 492 g/mol. The molecule has 1 fully saturated rings. The van der Waals surface area contributed by atoms with E-state index in [0.717, 1.165) is 45.8 Å². The minimum atomic E-state index is -0.311. The molecule has 1 aliphatic rings. The third-order valence-corrected chi connectivity index (χ3v) is 6.46. The molecule has 0 N–H and O–H groups in total. The number of carbonyl (C=O) groups is 1. The topological polar surface area (TPSA) is 43.7 Å². The fourth-order valence-electron chi connectivity index (χ4n) is 4.19. The van der Waals surface area contributed by atoms with E-state index in [-0.39, 0.29) is 5.97 Å². The standard InChI is InChI=1S/C25H26BrClN2O3/c1-3-32-25(30)23-17(2)29(21-10-6-19(26)7-11-21)22(16-28-12-14-31-15-13-28)24(23)18-4-8-20(27)9-5-18/h4-11H,3,12-16H2,1-2H3. The van der Waals surface area contributed by atoms with E-state index in [1.807, 2.05) is 50.2 Å². The lowest BCUT2D eigenvalue weighted by Gasteiger charge is -2.28. The predicted octanol–water partition coefficient (Wildman–Crippen LogP) is 5.88. The van der Waals surface area contributed by atoms with Crippen LogP contribution < -0.4 is 0 Å². The number of benzene rings is 2. The largest absolute Gasteiger partial charge is 0.462 e. The third-order valence-electron chi connectivity index (χ3n) is 5.68. The average Bonchev–Trinajstić information content (AvgIpc) is 3.07. The van der Waals surface area contributed by atoms with Crippen molar-refractivity contribution in [2.24, 2.45) is 0 Å². The van der Waals surface area contributed by atoms with Crippen molar-refractivity contribution in [3.8, 4) is 16.8 Å². The minimum Gasteiger partial charge on any atom is -0.462 e. The molecule has 0 aliphatic carbocycles. The molecule has 0 unspecified atom stereocenters. The van der Waals surface area contributed by atoms with Gasteiger partial charge in [-0.3, -0.25) is 4.90 Å². The van der Waals surface area contributed by atoms with Crippen molar-refractivity contribution in [2.75, 3.05) is 32.9 Å². The number of esters is 1. The summed E-state index contributed by atoms with van der Waals surface area (Å²) in [6.07, 6.45) is 0. The van der Waals surface area contributed by atoms with Gasteiger partial charge in [0.1, 0.15) is 0 Å². The molecule has 0 atom stereocenters. The van der Waals surface area contributed by atoms with Gasteiger partial charge in [-0.1, -0.05) is 39.7 Å². The zero-order valence-electron chi connectivity index (χ0n) is 18.2. The van der Waals surface area contributed by atoms with Gasteiger partial charge >= 0.3 is 5.97 Å². The number of rotatable bonds is 6. The van der Waals surface area contributed by atoms with Crippen LogP contribution in [0.25, 0.3) is 16.8 Å². The number of hydrogen-bond acceptors (Lipinski definition) is 4. The molecule has 0 saturated carbocycles. The van der Waals surface area contributed by atoms with Crippen molar-refractivity contribution in [3.63, 3.8) is 0 Å². The molecule has 7 heteroatoms. The van der Waals surface area contributed by atoms with Crippen LogP contribution in [0.4, 0.5) is 0 Å². The van der Waals surface area contributed by atoms with Gasteiger partial charge in [-0.15, -0.1) is 0 Å². The first kappa shape index (κ1) is 23.1. The normalized spacial score (nSPS) is 14.5. The predicted molar refractivity (Wildman–Crippen MR) is 131 cm³/mol. The lowest BCUT2D eigenvalue weighted by molar-refractivity contribution is 0.0335. The summed E-state index contributed by atoms with van der Waals surface area (Å²) in [6.45, 7) is 7.93. The Bertz CT molecular complexity index is 1090. The molecule has 0 spiro atoms. The Morgan fingerprint density at radius 3 is 2.38 bits per heavy atom. The number of carbonyl (C=O) groups excluding carboxylic acids is 1. The average molecular weight is 518 g/mol. The van der Waals surface area contributed by atoms with Crippen LogP contribution >= 0.6 is 27.5 Å². The highest BCUT2D eigenvalue weighted by Crippen LogP contribution is 2.37. The first-order chi connectivity index (χ1) is 15.5. The summed E-state index contributed by atoms with van der Waals surface area (Å²) in [5.74, 6) is -0.311. The molecular formula is C25H26BrClN2O3. The van der Waals surface area contributed by atoms with E-state index < -0.39 is 0 Å². The molecule has 4 rings (SSSR count). The van der Waals surface area contributed by atoms with E-state index in [2.05, 4.69) is 37.5 Å². The van der Waals surface area contributed by atoms with Gasteiger partial charge in [0.2, 0.25) is 0 Å². The number of nitrogens with zero attached hydrogens (tertiary/aromatic N) is 2. The molecule has 1 aromatic heterocycles. The van der Waals surface area contributed by atoms with Crippen molar-refractivity contribution in [1.82, 2.24) is 9.47 Å². The Labute approximate surface area is 202 Å². The Kier molecular flexibility index (Phi) is 7.36. The SMILES string of the molecule is CCOC(=O)c1c(-c2ccc(Cl)cc2)c(CN2CCOCC2)n(-c2ccc(Br)cc2)c1C. The van der Waals surface area contributed by atoms with Gasteiger partial charge < -0.3 is 14.0 Å². The first-order valence-corrected chi connectivity index (χ1v) is 11.9. The summed E-state index contributed by atoms with van der Waals surface area (Å²) < 4.78 is 14.2. The van der Waals surface area contributed by atoms with Gasteiger partial charge in [0, 0.05) is 51.8 Å². The number of halogens is 2. The molecule has 1 saturated heterocycles. The third kappa shape index (κ3) is 4.79. The zero-order valence-corrected chi connectivity index (χ0v) is 20.6. The number of hydrogen-bond donors (Lipinski definition) is 0. The number of ether oxygens (including phenoxy) is 2. The molecule has 2 heterocycles. The van der Waals surface area contributed by atoms with E-state index in [9.17, 15) is 4.79 Å². The van der Waals surface area contributed by atoms with Gasteiger partial charge in [-0.05, 0) is 55.8 Å². The van der Waals surface area contributed by atoms with E-state index in [1.54, 1.807) is 0 Å². The summed E-state index contributed by atoms with van der Waals surface area (Å²) in [4.78, 5) is 15.5. The number of morpholine rings is 1. The maximum atomic E-state index is 13.2. The van der Waals surface area contributed by atoms with E-state index in [4.69, 9.17) is 21.1 Å². The fraction of sp³-hybridized carbons (Fsp3) is 0.320. The maximum absolute atomic E-state index is 13.2. The highest BCUT2D eigenvalue weighted by atomic mass is 79.9. The quantitative estimate of drug-likeness (QED) is 0.383. The molecule has 2 aromatic carbocycles. The van der Waals surface area contributed by atoms with Gasteiger partial charge in [0.25, 0.3) is 0 Å². The monoisotopic (exact) mass is 516 g/mol. The van der Waals surface area contributed by atoms with Crippen LogP contribution in [0.1, 0.15) is 28.7 Å². The molecule has 1 aliphatic heterocycles.